The molecule has 0 amide bonds. The molecule has 1 aliphatic heterocycles. The highest BCUT2D eigenvalue weighted by Gasteiger charge is 2.30. The number of piperidine rings is 1. The Morgan fingerprint density at radius 3 is 2.17 bits per heavy atom. The molecular formula is C22H35N. The largest absolute Gasteiger partial charge is 0.314 e. The molecule has 1 aromatic carbocycles. The van der Waals surface area contributed by atoms with Crippen molar-refractivity contribution in [1.82, 2.24) is 5.32 Å². The van der Waals surface area contributed by atoms with Gasteiger partial charge in [-0.2, -0.15) is 0 Å². The normalized spacial score (nSPS) is 29.4. The van der Waals surface area contributed by atoms with Crippen molar-refractivity contribution < 1.29 is 0 Å². The van der Waals surface area contributed by atoms with Crippen LogP contribution < -0.4 is 5.32 Å². The minimum Gasteiger partial charge on any atom is -0.314 e. The Kier molecular flexibility index (Phi) is 5.46. The maximum atomic E-state index is 3.66. The lowest BCUT2D eigenvalue weighted by Gasteiger charge is -2.37. The SMILES string of the molecule is CC(C)(C)C1CCC(c2ccc(CC3CCCCN3)cc2)CC1. The average Bonchev–Trinajstić information content (AvgIpc) is 2.56. The Labute approximate surface area is 143 Å². The molecule has 1 atom stereocenters. The summed E-state index contributed by atoms with van der Waals surface area (Å²) in [4.78, 5) is 0. The molecule has 0 aromatic heterocycles. The first-order valence-corrected chi connectivity index (χ1v) is 9.84. The van der Waals surface area contributed by atoms with E-state index in [1.807, 2.05) is 0 Å². The van der Waals surface area contributed by atoms with Crippen molar-refractivity contribution in [3.05, 3.63) is 35.4 Å². The lowest BCUT2D eigenvalue weighted by atomic mass is 9.68. The van der Waals surface area contributed by atoms with Gasteiger partial charge in [0, 0.05) is 6.04 Å². The van der Waals surface area contributed by atoms with E-state index in [4.69, 9.17) is 0 Å². The Bertz CT molecular complexity index is 468. The van der Waals surface area contributed by atoms with Gasteiger partial charge < -0.3 is 5.32 Å². The first-order valence-electron chi connectivity index (χ1n) is 9.84. The molecular weight excluding hydrogens is 278 g/mol. The third-order valence-corrected chi connectivity index (χ3v) is 6.30. The molecule has 1 unspecified atom stereocenters. The van der Waals surface area contributed by atoms with Gasteiger partial charge in [-0.15, -0.1) is 0 Å². The lowest BCUT2D eigenvalue weighted by molar-refractivity contribution is 0.169. The molecule has 2 aliphatic rings. The summed E-state index contributed by atoms with van der Waals surface area (Å²) in [5.41, 5.74) is 3.58. The number of hydrogen-bond acceptors (Lipinski definition) is 1. The van der Waals surface area contributed by atoms with E-state index >= 15 is 0 Å². The molecule has 2 fully saturated rings. The van der Waals surface area contributed by atoms with Crippen LogP contribution in [0.4, 0.5) is 0 Å². The maximum Gasteiger partial charge on any atom is 0.0107 e. The fourth-order valence-electron chi connectivity index (χ4n) is 4.60. The zero-order valence-electron chi connectivity index (χ0n) is 15.4. The van der Waals surface area contributed by atoms with Gasteiger partial charge in [0.15, 0.2) is 0 Å². The zero-order chi connectivity index (χ0) is 16.3. The van der Waals surface area contributed by atoms with Crippen molar-refractivity contribution in [3.63, 3.8) is 0 Å². The van der Waals surface area contributed by atoms with Crippen LogP contribution in [0.3, 0.4) is 0 Å². The molecule has 0 radical (unpaired) electrons. The second-order valence-electron chi connectivity index (χ2n) is 9.01. The van der Waals surface area contributed by atoms with Crippen LogP contribution in [-0.4, -0.2) is 12.6 Å². The summed E-state index contributed by atoms with van der Waals surface area (Å²) in [6.07, 6.45) is 10.9. The molecule has 1 aliphatic carbocycles. The maximum absolute atomic E-state index is 3.66. The molecule has 23 heavy (non-hydrogen) atoms. The van der Waals surface area contributed by atoms with E-state index < -0.39 is 0 Å². The van der Waals surface area contributed by atoms with Crippen LogP contribution in [0.5, 0.6) is 0 Å². The molecule has 1 aromatic rings. The van der Waals surface area contributed by atoms with Crippen molar-refractivity contribution >= 4 is 0 Å². The van der Waals surface area contributed by atoms with Crippen molar-refractivity contribution in [2.75, 3.05) is 6.54 Å². The third kappa shape index (κ3) is 4.59. The van der Waals surface area contributed by atoms with Gasteiger partial charge in [-0.25, -0.2) is 0 Å². The highest BCUT2D eigenvalue weighted by atomic mass is 14.9. The highest BCUT2D eigenvalue weighted by molar-refractivity contribution is 5.26. The third-order valence-electron chi connectivity index (χ3n) is 6.30. The van der Waals surface area contributed by atoms with E-state index in [0.29, 0.717) is 11.5 Å². The summed E-state index contributed by atoms with van der Waals surface area (Å²) in [7, 11) is 0. The molecule has 1 saturated heterocycles. The van der Waals surface area contributed by atoms with Crippen LogP contribution in [0.2, 0.25) is 0 Å². The topological polar surface area (TPSA) is 12.0 Å². The number of rotatable bonds is 3. The van der Waals surface area contributed by atoms with Gasteiger partial charge in [0.1, 0.15) is 0 Å². The summed E-state index contributed by atoms with van der Waals surface area (Å²) >= 11 is 0. The van der Waals surface area contributed by atoms with Crippen LogP contribution in [0.25, 0.3) is 0 Å². The number of hydrogen-bond donors (Lipinski definition) is 1. The Balaban J connectivity index is 1.53. The van der Waals surface area contributed by atoms with E-state index in [1.54, 1.807) is 5.56 Å². The summed E-state index contributed by atoms with van der Waals surface area (Å²) in [5, 5.41) is 3.66. The average molecular weight is 314 g/mol. The fraction of sp³-hybridized carbons (Fsp3) is 0.727. The quantitative estimate of drug-likeness (QED) is 0.755. The monoisotopic (exact) mass is 313 g/mol. The molecule has 1 N–H and O–H groups in total. The van der Waals surface area contributed by atoms with Gasteiger partial charge in [0.2, 0.25) is 0 Å². The first kappa shape index (κ1) is 17.0. The summed E-state index contributed by atoms with van der Waals surface area (Å²) in [6.45, 7) is 8.43. The van der Waals surface area contributed by atoms with E-state index in [2.05, 4.69) is 50.4 Å². The van der Waals surface area contributed by atoms with Gasteiger partial charge in [-0.05, 0) is 79.9 Å². The Morgan fingerprint density at radius 1 is 0.913 bits per heavy atom. The predicted molar refractivity (Wildman–Crippen MR) is 99.9 cm³/mol. The van der Waals surface area contributed by atoms with Crippen LogP contribution in [0.15, 0.2) is 24.3 Å². The highest BCUT2D eigenvalue weighted by Crippen LogP contribution is 2.43. The molecule has 1 heterocycles. The fourth-order valence-corrected chi connectivity index (χ4v) is 4.60. The van der Waals surface area contributed by atoms with Gasteiger partial charge in [0.25, 0.3) is 0 Å². The van der Waals surface area contributed by atoms with Gasteiger partial charge in [-0.1, -0.05) is 51.5 Å². The van der Waals surface area contributed by atoms with Crippen LogP contribution in [-0.2, 0) is 6.42 Å². The standard InChI is InChI=1S/C22H35N/c1-22(2,3)20-13-11-19(12-14-20)18-9-7-17(8-10-18)16-21-6-4-5-15-23-21/h7-10,19-21,23H,4-6,11-16H2,1-3H3. The molecule has 1 heteroatoms. The molecule has 1 saturated carbocycles. The lowest BCUT2D eigenvalue weighted by Crippen LogP contribution is -2.35. The van der Waals surface area contributed by atoms with Gasteiger partial charge >= 0.3 is 0 Å². The van der Waals surface area contributed by atoms with E-state index in [9.17, 15) is 0 Å². The second-order valence-corrected chi connectivity index (χ2v) is 9.01. The molecule has 0 spiro atoms. The van der Waals surface area contributed by atoms with Crippen LogP contribution in [0.1, 0.15) is 82.8 Å². The van der Waals surface area contributed by atoms with Crippen molar-refractivity contribution in [2.45, 2.75) is 84.1 Å². The second kappa shape index (κ2) is 7.38. The molecule has 3 rings (SSSR count). The molecule has 0 bridgehead atoms. The summed E-state index contributed by atoms with van der Waals surface area (Å²) < 4.78 is 0. The predicted octanol–water partition coefficient (Wildman–Crippen LogP) is 5.69. The van der Waals surface area contributed by atoms with Gasteiger partial charge in [-0.3, -0.25) is 0 Å². The van der Waals surface area contributed by atoms with Crippen molar-refractivity contribution in [2.24, 2.45) is 11.3 Å². The van der Waals surface area contributed by atoms with E-state index in [-0.39, 0.29) is 0 Å². The summed E-state index contributed by atoms with van der Waals surface area (Å²) in [5.74, 6) is 1.71. The smallest absolute Gasteiger partial charge is 0.0107 e. The zero-order valence-corrected chi connectivity index (χ0v) is 15.4. The van der Waals surface area contributed by atoms with Gasteiger partial charge in [0.05, 0.1) is 0 Å². The van der Waals surface area contributed by atoms with E-state index in [0.717, 1.165) is 11.8 Å². The first-order chi connectivity index (χ1) is 11.0. The summed E-state index contributed by atoms with van der Waals surface area (Å²) in [6, 6.07) is 10.3. The van der Waals surface area contributed by atoms with Crippen LogP contribution >= 0.6 is 0 Å². The number of benzene rings is 1. The van der Waals surface area contributed by atoms with Crippen LogP contribution in [0, 0.1) is 11.3 Å². The molecule has 1 nitrogen and oxygen atoms in total. The van der Waals surface area contributed by atoms with Crippen molar-refractivity contribution in [3.8, 4) is 0 Å². The minimum absolute atomic E-state index is 0.488. The molecule has 128 valence electrons. The Hall–Kier alpha value is -0.820. The Morgan fingerprint density at radius 2 is 1.61 bits per heavy atom. The van der Waals surface area contributed by atoms with E-state index in [1.165, 1.54) is 63.5 Å². The minimum atomic E-state index is 0.488. The van der Waals surface area contributed by atoms with Crippen molar-refractivity contribution in [1.29, 1.82) is 0 Å². The number of nitrogens with one attached hydrogen (secondary N) is 1.